The molecule has 3 N–H and O–H groups in total. The van der Waals surface area contributed by atoms with Crippen LogP contribution >= 0.6 is 0 Å². The molecule has 1 atom stereocenters. The van der Waals surface area contributed by atoms with Gasteiger partial charge < -0.3 is 0 Å². The highest BCUT2D eigenvalue weighted by Crippen LogP contribution is 2.24. The number of benzene rings is 1. The van der Waals surface area contributed by atoms with Gasteiger partial charge in [0.2, 0.25) is 0 Å². The molecular formula is C13H19F3N2. The van der Waals surface area contributed by atoms with E-state index in [9.17, 15) is 13.2 Å². The van der Waals surface area contributed by atoms with Gasteiger partial charge in [0.1, 0.15) is 0 Å². The maximum absolute atomic E-state index is 13.6. The van der Waals surface area contributed by atoms with Gasteiger partial charge in [0.15, 0.2) is 17.5 Å². The number of hydrogen-bond acceptors (Lipinski definition) is 2. The lowest BCUT2D eigenvalue weighted by atomic mass is 10.00. The minimum atomic E-state index is -1.44. The smallest absolute Gasteiger partial charge is 0.194 e. The number of hydrogen-bond donors (Lipinski definition) is 2. The minimum Gasteiger partial charge on any atom is -0.271 e. The summed E-state index contributed by atoms with van der Waals surface area (Å²) in [5.74, 6) is 1.56. The molecule has 0 heterocycles. The van der Waals surface area contributed by atoms with Crippen molar-refractivity contribution in [3.8, 4) is 0 Å². The topological polar surface area (TPSA) is 38.0 Å². The molecule has 18 heavy (non-hydrogen) atoms. The number of hydrazine groups is 1. The van der Waals surface area contributed by atoms with Crippen molar-refractivity contribution in [3.63, 3.8) is 0 Å². The molecule has 1 aromatic carbocycles. The van der Waals surface area contributed by atoms with Crippen LogP contribution in [0.3, 0.4) is 0 Å². The van der Waals surface area contributed by atoms with Crippen LogP contribution < -0.4 is 11.3 Å². The number of halogens is 3. The quantitative estimate of drug-likeness (QED) is 0.340. The van der Waals surface area contributed by atoms with Gasteiger partial charge in [-0.2, -0.15) is 0 Å². The third-order valence-electron chi connectivity index (χ3n) is 2.99. The van der Waals surface area contributed by atoms with Gasteiger partial charge in [-0.3, -0.25) is 11.3 Å². The Morgan fingerprint density at radius 2 is 1.83 bits per heavy atom. The molecule has 1 rings (SSSR count). The number of nitrogens with one attached hydrogen (secondary N) is 1. The highest BCUT2D eigenvalue weighted by molar-refractivity contribution is 5.23. The first-order valence-electron chi connectivity index (χ1n) is 6.21. The van der Waals surface area contributed by atoms with Gasteiger partial charge in [0.05, 0.1) is 0 Å². The van der Waals surface area contributed by atoms with Crippen LogP contribution in [-0.2, 0) is 0 Å². The Morgan fingerprint density at radius 3 is 2.44 bits per heavy atom. The van der Waals surface area contributed by atoms with Crippen LogP contribution in [0.25, 0.3) is 0 Å². The van der Waals surface area contributed by atoms with Gasteiger partial charge in [-0.05, 0) is 12.5 Å². The molecule has 102 valence electrons. The molecule has 2 nitrogen and oxygen atoms in total. The van der Waals surface area contributed by atoms with Crippen LogP contribution in [0.15, 0.2) is 12.1 Å². The van der Waals surface area contributed by atoms with Crippen molar-refractivity contribution in [1.82, 2.24) is 5.43 Å². The summed E-state index contributed by atoms with van der Waals surface area (Å²) in [6.45, 7) is 2.09. The van der Waals surface area contributed by atoms with E-state index in [1.165, 1.54) is 6.07 Å². The van der Waals surface area contributed by atoms with E-state index in [0.717, 1.165) is 31.7 Å². The van der Waals surface area contributed by atoms with Crippen LogP contribution in [0.5, 0.6) is 0 Å². The summed E-state index contributed by atoms with van der Waals surface area (Å²) in [6, 6.07) is 1.67. The fourth-order valence-corrected chi connectivity index (χ4v) is 1.91. The van der Waals surface area contributed by atoms with Crippen molar-refractivity contribution in [1.29, 1.82) is 0 Å². The average molecular weight is 260 g/mol. The van der Waals surface area contributed by atoms with Crippen LogP contribution in [0.4, 0.5) is 13.2 Å². The molecule has 0 fully saturated rings. The van der Waals surface area contributed by atoms with Gasteiger partial charge >= 0.3 is 0 Å². The second kappa shape index (κ2) is 7.38. The lowest BCUT2D eigenvalue weighted by Gasteiger charge is -2.17. The molecule has 0 radical (unpaired) electrons. The first kappa shape index (κ1) is 15.0. The van der Waals surface area contributed by atoms with Crippen molar-refractivity contribution >= 4 is 0 Å². The number of rotatable bonds is 7. The Labute approximate surface area is 105 Å². The lowest BCUT2D eigenvalue weighted by Crippen LogP contribution is -2.29. The van der Waals surface area contributed by atoms with Gasteiger partial charge in [-0.25, -0.2) is 13.2 Å². The molecular weight excluding hydrogens is 241 g/mol. The minimum absolute atomic E-state index is 0.0768. The van der Waals surface area contributed by atoms with E-state index in [1.54, 1.807) is 0 Å². The van der Waals surface area contributed by atoms with E-state index in [0.29, 0.717) is 6.42 Å². The van der Waals surface area contributed by atoms with Gasteiger partial charge in [-0.1, -0.05) is 38.7 Å². The zero-order valence-electron chi connectivity index (χ0n) is 10.5. The summed E-state index contributed by atoms with van der Waals surface area (Å²) in [7, 11) is 0. The predicted molar refractivity (Wildman–Crippen MR) is 65.1 cm³/mol. The second-order valence-corrected chi connectivity index (χ2v) is 4.33. The van der Waals surface area contributed by atoms with Crippen molar-refractivity contribution in [2.24, 2.45) is 5.84 Å². The Hall–Kier alpha value is -1.07. The highest BCUT2D eigenvalue weighted by Gasteiger charge is 2.19. The van der Waals surface area contributed by atoms with Crippen molar-refractivity contribution in [2.45, 2.75) is 45.1 Å². The zero-order valence-corrected chi connectivity index (χ0v) is 10.5. The first-order valence-corrected chi connectivity index (χ1v) is 6.21. The summed E-state index contributed by atoms with van der Waals surface area (Å²) >= 11 is 0. The lowest BCUT2D eigenvalue weighted by molar-refractivity contribution is 0.413. The summed E-state index contributed by atoms with van der Waals surface area (Å²) in [5.41, 5.74) is 2.53. The molecule has 0 saturated heterocycles. The Kier molecular flexibility index (Phi) is 6.15. The van der Waals surface area contributed by atoms with E-state index >= 15 is 0 Å². The largest absolute Gasteiger partial charge is 0.271 e. The monoisotopic (exact) mass is 260 g/mol. The first-order chi connectivity index (χ1) is 8.61. The van der Waals surface area contributed by atoms with Crippen LogP contribution in [0.1, 0.15) is 50.6 Å². The molecule has 0 saturated carbocycles. The molecule has 0 spiro atoms. The molecule has 0 aromatic heterocycles. The molecule has 0 amide bonds. The van der Waals surface area contributed by atoms with Gasteiger partial charge in [-0.15, -0.1) is 0 Å². The predicted octanol–water partition coefficient (Wildman–Crippen LogP) is 3.58. The molecule has 0 bridgehead atoms. The fourth-order valence-electron chi connectivity index (χ4n) is 1.91. The summed E-state index contributed by atoms with van der Waals surface area (Å²) in [4.78, 5) is 0. The van der Waals surface area contributed by atoms with Crippen LogP contribution in [0.2, 0.25) is 0 Å². The number of nitrogens with two attached hydrogens (primary N) is 1. The Bertz CT molecular complexity index is 383. The average Bonchev–Trinajstić information content (AvgIpc) is 2.38. The zero-order chi connectivity index (χ0) is 13.5. The van der Waals surface area contributed by atoms with Crippen molar-refractivity contribution in [3.05, 3.63) is 35.1 Å². The van der Waals surface area contributed by atoms with Crippen molar-refractivity contribution in [2.75, 3.05) is 0 Å². The van der Waals surface area contributed by atoms with E-state index in [4.69, 9.17) is 5.84 Å². The number of unbranched alkanes of at least 4 members (excludes halogenated alkanes) is 3. The van der Waals surface area contributed by atoms with Gasteiger partial charge in [0, 0.05) is 11.6 Å². The normalized spacial score (nSPS) is 12.7. The SMILES string of the molecule is CCCCCCC(NN)c1ccc(F)c(F)c1F. The van der Waals surface area contributed by atoms with Gasteiger partial charge in [0.25, 0.3) is 0 Å². The van der Waals surface area contributed by atoms with Crippen LogP contribution in [-0.4, -0.2) is 0 Å². The molecule has 5 heteroatoms. The van der Waals surface area contributed by atoms with E-state index in [-0.39, 0.29) is 5.56 Å². The maximum Gasteiger partial charge on any atom is 0.194 e. The summed E-state index contributed by atoms with van der Waals surface area (Å²) in [6.07, 6.45) is 4.66. The highest BCUT2D eigenvalue weighted by atomic mass is 19.2. The summed E-state index contributed by atoms with van der Waals surface area (Å²) in [5, 5.41) is 0. The Morgan fingerprint density at radius 1 is 1.11 bits per heavy atom. The fraction of sp³-hybridized carbons (Fsp3) is 0.538. The Balaban J connectivity index is 2.73. The van der Waals surface area contributed by atoms with Crippen molar-refractivity contribution < 1.29 is 13.2 Å². The standard InChI is InChI=1S/C13H19F3N2/c1-2-3-4-5-6-11(18-17)9-7-8-10(14)13(16)12(9)15/h7-8,11,18H,2-6,17H2,1H3. The van der Waals surface area contributed by atoms with Crippen LogP contribution in [0, 0.1) is 17.5 Å². The van der Waals surface area contributed by atoms with E-state index < -0.39 is 23.5 Å². The second-order valence-electron chi connectivity index (χ2n) is 4.33. The third kappa shape index (κ3) is 3.71. The summed E-state index contributed by atoms with van der Waals surface area (Å²) < 4.78 is 39.5. The molecule has 0 aliphatic heterocycles. The molecule has 0 aliphatic rings. The molecule has 1 aromatic rings. The van der Waals surface area contributed by atoms with E-state index in [2.05, 4.69) is 12.3 Å². The molecule has 1 unspecified atom stereocenters. The van der Waals surface area contributed by atoms with E-state index in [1.807, 2.05) is 0 Å². The molecule has 0 aliphatic carbocycles. The third-order valence-corrected chi connectivity index (χ3v) is 2.99. The maximum atomic E-state index is 13.6.